The second kappa shape index (κ2) is 4.83. The Morgan fingerprint density at radius 1 is 1.11 bits per heavy atom. The van der Waals surface area contributed by atoms with E-state index in [4.69, 9.17) is 5.73 Å². The Balaban J connectivity index is 2.16. The van der Waals surface area contributed by atoms with Gasteiger partial charge in [0.25, 0.3) is 5.91 Å². The summed E-state index contributed by atoms with van der Waals surface area (Å²) in [6, 6.07) is 8.81. The number of nitrogens with zero attached hydrogens (tertiary/aromatic N) is 2. The number of nitrogens with two attached hydrogens (primary N) is 1. The van der Waals surface area contributed by atoms with E-state index in [0.717, 1.165) is 11.3 Å². The minimum absolute atomic E-state index is 0.238. The highest BCUT2D eigenvalue weighted by Gasteiger charge is 2.08. The molecule has 2 rings (SSSR count). The summed E-state index contributed by atoms with van der Waals surface area (Å²) in [4.78, 5) is 11.9. The van der Waals surface area contributed by atoms with Gasteiger partial charge in [-0.25, -0.2) is 0 Å². The molecule has 0 aliphatic rings. The standard InChI is InChI=1S/C13H14N4O/c1-8-3-4-10(7-9(8)2)15-13(18)11-5-6-12(14)17-16-11/h3-7H,1-2H3,(H2,14,17)(H,15,18). The molecule has 0 aliphatic carbocycles. The van der Waals surface area contributed by atoms with Crippen molar-refractivity contribution >= 4 is 17.4 Å². The molecular formula is C13H14N4O. The SMILES string of the molecule is Cc1ccc(NC(=O)c2ccc(N)nn2)cc1C. The lowest BCUT2D eigenvalue weighted by molar-refractivity contribution is 0.102. The van der Waals surface area contributed by atoms with Crippen LogP contribution in [-0.2, 0) is 0 Å². The van der Waals surface area contributed by atoms with Crippen molar-refractivity contribution in [3.63, 3.8) is 0 Å². The van der Waals surface area contributed by atoms with Crippen molar-refractivity contribution < 1.29 is 4.79 Å². The zero-order valence-corrected chi connectivity index (χ0v) is 10.3. The fourth-order valence-electron chi connectivity index (χ4n) is 1.48. The highest BCUT2D eigenvalue weighted by Crippen LogP contribution is 2.14. The van der Waals surface area contributed by atoms with E-state index < -0.39 is 0 Å². The molecule has 1 heterocycles. The molecule has 0 fully saturated rings. The second-order valence-corrected chi connectivity index (χ2v) is 4.10. The number of nitrogens with one attached hydrogen (secondary N) is 1. The van der Waals surface area contributed by atoms with Gasteiger partial charge in [0.15, 0.2) is 5.69 Å². The first-order valence-corrected chi connectivity index (χ1v) is 5.54. The van der Waals surface area contributed by atoms with Gasteiger partial charge in [-0.1, -0.05) is 6.07 Å². The molecule has 0 saturated heterocycles. The van der Waals surface area contributed by atoms with Gasteiger partial charge < -0.3 is 11.1 Å². The van der Waals surface area contributed by atoms with Crippen molar-refractivity contribution in [3.05, 3.63) is 47.2 Å². The lowest BCUT2D eigenvalue weighted by Crippen LogP contribution is -2.14. The number of anilines is 2. The number of nitrogen functional groups attached to an aromatic ring is 1. The largest absolute Gasteiger partial charge is 0.382 e. The summed E-state index contributed by atoms with van der Waals surface area (Å²) in [7, 11) is 0. The summed E-state index contributed by atoms with van der Waals surface area (Å²) < 4.78 is 0. The van der Waals surface area contributed by atoms with E-state index in [0.29, 0.717) is 0 Å². The van der Waals surface area contributed by atoms with E-state index >= 15 is 0 Å². The minimum Gasteiger partial charge on any atom is -0.382 e. The van der Waals surface area contributed by atoms with Crippen LogP contribution in [0.25, 0.3) is 0 Å². The summed E-state index contributed by atoms with van der Waals surface area (Å²) in [5, 5.41) is 10.1. The smallest absolute Gasteiger partial charge is 0.276 e. The van der Waals surface area contributed by atoms with Gasteiger partial charge in [-0.3, -0.25) is 4.79 Å². The third kappa shape index (κ3) is 2.63. The van der Waals surface area contributed by atoms with Gasteiger partial charge in [0.05, 0.1) is 0 Å². The van der Waals surface area contributed by atoms with E-state index in [1.54, 1.807) is 12.1 Å². The minimum atomic E-state index is -0.300. The van der Waals surface area contributed by atoms with Gasteiger partial charge in [-0.2, -0.15) is 0 Å². The molecule has 0 saturated carbocycles. The number of carbonyl (C=O) groups excluding carboxylic acids is 1. The average Bonchev–Trinajstić information content (AvgIpc) is 2.34. The Morgan fingerprint density at radius 3 is 2.50 bits per heavy atom. The Morgan fingerprint density at radius 2 is 1.89 bits per heavy atom. The highest BCUT2D eigenvalue weighted by molar-refractivity contribution is 6.02. The molecule has 5 nitrogen and oxygen atoms in total. The van der Waals surface area contributed by atoms with Gasteiger partial charge >= 0.3 is 0 Å². The van der Waals surface area contributed by atoms with Gasteiger partial charge in [-0.05, 0) is 49.2 Å². The van der Waals surface area contributed by atoms with Gasteiger partial charge in [0.1, 0.15) is 5.82 Å². The predicted octanol–water partition coefficient (Wildman–Crippen LogP) is 1.93. The maximum Gasteiger partial charge on any atom is 0.276 e. The van der Waals surface area contributed by atoms with Gasteiger partial charge in [-0.15, -0.1) is 10.2 Å². The van der Waals surface area contributed by atoms with Crippen molar-refractivity contribution in [1.29, 1.82) is 0 Å². The van der Waals surface area contributed by atoms with E-state index in [9.17, 15) is 4.79 Å². The summed E-state index contributed by atoms with van der Waals surface area (Å²) >= 11 is 0. The third-order valence-electron chi connectivity index (χ3n) is 2.68. The van der Waals surface area contributed by atoms with Crippen LogP contribution >= 0.6 is 0 Å². The Hall–Kier alpha value is -2.43. The molecule has 1 aromatic heterocycles. The number of hydrogen-bond acceptors (Lipinski definition) is 4. The number of hydrogen-bond donors (Lipinski definition) is 2. The van der Waals surface area contributed by atoms with Crippen LogP contribution in [0.15, 0.2) is 30.3 Å². The van der Waals surface area contributed by atoms with E-state index in [2.05, 4.69) is 15.5 Å². The number of carbonyl (C=O) groups is 1. The Kier molecular flexibility index (Phi) is 3.23. The van der Waals surface area contributed by atoms with Crippen LogP contribution in [0.1, 0.15) is 21.6 Å². The quantitative estimate of drug-likeness (QED) is 0.843. The second-order valence-electron chi connectivity index (χ2n) is 4.10. The molecule has 0 spiro atoms. The number of aryl methyl sites for hydroxylation is 2. The van der Waals surface area contributed by atoms with Crippen LogP contribution < -0.4 is 11.1 Å². The zero-order chi connectivity index (χ0) is 13.1. The van der Waals surface area contributed by atoms with Crippen molar-refractivity contribution in [2.45, 2.75) is 13.8 Å². The fraction of sp³-hybridized carbons (Fsp3) is 0.154. The van der Waals surface area contributed by atoms with Crippen molar-refractivity contribution in [2.24, 2.45) is 0 Å². The normalized spacial score (nSPS) is 10.1. The molecule has 18 heavy (non-hydrogen) atoms. The molecule has 3 N–H and O–H groups in total. The van der Waals surface area contributed by atoms with Crippen molar-refractivity contribution in [3.8, 4) is 0 Å². The molecule has 0 aliphatic heterocycles. The van der Waals surface area contributed by atoms with Crippen LogP contribution in [-0.4, -0.2) is 16.1 Å². The molecule has 2 aromatic rings. The summed E-state index contributed by atoms with van der Waals surface area (Å²) in [5.74, 6) is -0.0107. The Labute approximate surface area is 105 Å². The maximum atomic E-state index is 11.9. The van der Waals surface area contributed by atoms with Crippen molar-refractivity contribution in [1.82, 2.24) is 10.2 Å². The first-order chi connectivity index (χ1) is 8.56. The molecule has 0 radical (unpaired) electrons. The van der Waals surface area contributed by atoms with Crippen LogP contribution in [0.4, 0.5) is 11.5 Å². The van der Waals surface area contributed by atoms with Crippen LogP contribution in [0.2, 0.25) is 0 Å². The molecule has 0 atom stereocenters. The molecule has 1 amide bonds. The lowest BCUT2D eigenvalue weighted by atomic mass is 10.1. The number of aromatic nitrogens is 2. The van der Waals surface area contributed by atoms with E-state index in [-0.39, 0.29) is 17.4 Å². The monoisotopic (exact) mass is 242 g/mol. The number of benzene rings is 1. The lowest BCUT2D eigenvalue weighted by Gasteiger charge is -2.06. The number of amides is 1. The first-order valence-electron chi connectivity index (χ1n) is 5.54. The number of rotatable bonds is 2. The van der Waals surface area contributed by atoms with Crippen LogP contribution in [0.5, 0.6) is 0 Å². The van der Waals surface area contributed by atoms with Gasteiger partial charge in [0, 0.05) is 5.69 Å². The highest BCUT2D eigenvalue weighted by atomic mass is 16.1. The van der Waals surface area contributed by atoms with Gasteiger partial charge in [0.2, 0.25) is 0 Å². The van der Waals surface area contributed by atoms with Crippen molar-refractivity contribution in [2.75, 3.05) is 11.1 Å². The third-order valence-corrected chi connectivity index (χ3v) is 2.68. The van der Waals surface area contributed by atoms with E-state index in [1.807, 2.05) is 32.0 Å². The Bertz CT molecular complexity index is 578. The molecule has 92 valence electrons. The molecule has 5 heteroatoms. The topological polar surface area (TPSA) is 80.9 Å². The maximum absolute atomic E-state index is 11.9. The zero-order valence-electron chi connectivity index (χ0n) is 10.3. The summed E-state index contributed by atoms with van der Waals surface area (Å²) in [6.45, 7) is 4.01. The first kappa shape index (κ1) is 12.0. The molecule has 0 unspecified atom stereocenters. The summed E-state index contributed by atoms with van der Waals surface area (Å²) in [5.41, 5.74) is 8.69. The molecular weight excluding hydrogens is 228 g/mol. The van der Waals surface area contributed by atoms with Crippen LogP contribution in [0, 0.1) is 13.8 Å². The summed E-state index contributed by atoms with van der Waals surface area (Å²) in [6.07, 6.45) is 0. The van der Waals surface area contributed by atoms with Crippen LogP contribution in [0.3, 0.4) is 0 Å². The molecule has 0 bridgehead atoms. The molecule has 1 aromatic carbocycles. The fourth-order valence-corrected chi connectivity index (χ4v) is 1.48. The predicted molar refractivity (Wildman–Crippen MR) is 70.3 cm³/mol. The van der Waals surface area contributed by atoms with E-state index in [1.165, 1.54) is 5.56 Å². The average molecular weight is 242 g/mol.